The molecular weight excluding hydrogens is 148 g/mol. The molecule has 0 aliphatic carbocycles. The van der Waals surface area contributed by atoms with E-state index in [4.69, 9.17) is 10.2 Å². The summed E-state index contributed by atoms with van der Waals surface area (Å²) in [7, 11) is 0. The summed E-state index contributed by atoms with van der Waals surface area (Å²) in [5.74, 6) is -0.0327. The molecule has 5 nitrogen and oxygen atoms in total. The summed E-state index contributed by atoms with van der Waals surface area (Å²) in [6, 6.07) is 0.973. The Labute approximate surface area is 62.4 Å². The molecule has 3 N–H and O–H groups in total. The van der Waals surface area contributed by atoms with Gasteiger partial charge < -0.3 is 15.2 Å². The molecule has 0 spiro atoms. The Hall–Kier alpha value is -1.36. The molecule has 1 heterocycles. The molecule has 60 valence electrons. The molecule has 1 aromatic rings. The first-order chi connectivity index (χ1) is 5.22. The van der Waals surface area contributed by atoms with E-state index in [2.05, 4.69) is 9.97 Å². The summed E-state index contributed by atoms with van der Waals surface area (Å²) >= 11 is 0. The number of aromatic amines is 1. The van der Waals surface area contributed by atoms with Crippen molar-refractivity contribution >= 4 is 0 Å². The van der Waals surface area contributed by atoms with Crippen molar-refractivity contribution in [2.24, 2.45) is 0 Å². The number of nitrogens with zero attached hydrogens (tertiary/aromatic N) is 1. The van der Waals surface area contributed by atoms with Gasteiger partial charge in [0.25, 0.3) is 5.56 Å². The van der Waals surface area contributed by atoms with E-state index in [0.717, 1.165) is 6.07 Å². The minimum atomic E-state index is -0.416. The van der Waals surface area contributed by atoms with Gasteiger partial charge in [-0.25, -0.2) is 4.98 Å². The van der Waals surface area contributed by atoms with Crippen molar-refractivity contribution < 1.29 is 10.2 Å². The number of aromatic nitrogens is 2. The highest BCUT2D eigenvalue weighted by atomic mass is 16.3. The maximum atomic E-state index is 10.6. The van der Waals surface area contributed by atoms with Crippen molar-refractivity contribution in [1.82, 2.24) is 9.97 Å². The molecule has 0 aromatic carbocycles. The summed E-state index contributed by atoms with van der Waals surface area (Å²) < 4.78 is 0. The summed E-state index contributed by atoms with van der Waals surface area (Å²) in [4.78, 5) is 16.6. The normalized spacial score (nSPS) is 9.91. The molecule has 0 unspecified atom stereocenters. The van der Waals surface area contributed by atoms with Crippen LogP contribution in [0.5, 0.6) is 5.88 Å². The van der Waals surface area contributed by atoms with Gasteiger partial charge in [0.05, 0.1) is 12.7 Å². The Morgan fingerprint density at radius 3 is 2.91 bits per heavy atom. The summed E-state index contributed by atoms with van der Waals surface area (Å²) in [6.07, 6.45) is 0.240. The van der Waals surface area contributed by atoms with Crippen LogP contribution in [-0.4, -0.2) is 26.8 Å². The lowest BCUT2D eigenvalue weighted by molar-refractivity contribution is 0.295. The maximum Gasteiger partial charge on any atom is 0.254 e. The lowest BCUT2D eigenvalue weighted by Crippen LogP contribution is -2.10. The number of nitrogens with one attached hydrogen (secondary N) is 1. The minimum absolute atomic E-state index is 0.105. The van der Waals surface area contributed by atoms with E-state index in [1.54, 1.807) is 0 Å². The first kappa shape index (κ1) is 7.74. The van der Waals surface area contributed by atoms with Crippen molar-refractivity contribution in [2.45, 2.75) is 6.42 Å². The van der Waals surface area contributed by atoms with Crippen LogP contribution in [0.15, 0.2) is 10.9 Å². The molecular formula is C6H8N2O3. The van der Waals surface area contributed by atoms with Gasteiger partial charge in [-0.1, -0.05) is 0 Å². The number of H-pyrrole nitrogens is 1. The Morgan fingerprint density at radius 1 is 1.64 bits per heavy atom. The van der Waals surface area contributed by atoms with Gasteiger partial charge in [-0.15, -0.1) is 0 Å². The Morgan fingerprint density at radius 2 is 2.36 bits per heavy atom. The van der Waals surface area contributed by atoms with Gasteiger partial charge in [-0.3, -0.25) is 4.79 Å². The van der Waals surface area contributed by atoms with Gasteiger partial charge in [-0.2, -0.15) is 0 Å². The van der Waals surface area contributed by atoms with Crippen LogP contribution < -0.4 is 5.56 Å². The van der Waals surface area contributed by atoms with Crippen molar-refractivity contribution in [3.05, 3.63) is 22.2 Å². The van der Waals surface area contributed by atoms with Crippen molar-refractivity contribution in [2.75, 3.05) is 6.61 Å². The second-order valence-corrected chi connectivity index (χ2v) is 2.02. The zero-order valence-electron chi connectivity index (χ0n) is 5.74. The third-order valence-corrected chi connectivity index (χ3v) is 1.13. The molecule has 0 radical (unpaired) electrons. The summed E-state index contributed by atoms with van der Waals surface area (Å²) in [6.45, 7) is -0.105. The molecule has 0 bridgehead atoms. The van der Waals surface area contributed by atoms with Crippen LogP contribution in [0.3, 0.4) is 0 Å². The number of hydrogen-bond acceptors (Lipinski definition) is 4. The highest BCUT2D eigenvalue weighted by Crippen LogP contribution is 1.97. The van der Waals surface area contributed by atoms with E-state index < -0.39 is 5.56 Å². The Bertz CT molecular complexity index is 294. The smallest absolute Gasteiger partial charge is 0.254 e. The molecule has 1 aromatic heterocycles. The third-order valence-electron chi connectivity index (χ3n) is 1.13. The Balaban J connectivity index is 2.99. The number of aromatic hydroxyl groups is 1. The Kier molecular flexibility index (Phi) is 2.22. The third kappa shape index (κ3) is 2.05. The fourth-order valence-electron chi connectivity index (χ4n) is 0.718. The largest absolute Gasteiger partial charge is 0.493 e. The number of rotatable bonds is 2. The molecule has 0 aliphatic heterocycles. The molecule has 0 saturated heterocycles. The predicted molar refractivity (Wildman–Crippen MR) is 37.3 cm³/mol. The first-order valence-electron chi connectivity index (χ1n) is 3.12. The summed E-state index contributed by atoms with van der Waals surface area (Å²) in [5.41, 5.74) is -0.416. The molecule has 5 heteroatoms. The van der Waals surface area contributed by atoms with E-state index in [1.165, 1.54) is 0 Å². The maximum absolute atomic E-state index is 10.6. The average Bonchev–Trinajstić information content (AvgIpc) is 1.85. The topological polar surface area (TPSA) is 86.2 Å². The van der Waals surface area contributed by atoms with Gasteiger partial charge >= 0.3 is 0 Å². The van der Waals surface area contributed by atoms with E-state index in [1.807, 2.05) is 0 Å². The fourth-order valence-corrected chi connectivity index (χ4v) is 0.718. The van der Waals surface area contributed by atoms with Gasteiger partial charge in [0.1, 0.15) is 5.82 Å². The SMILES string of the molecule is O=c1cc(O)nc(CCO)[nH]1. The van der Waals surface area contributed by atoms with E-state index in [-0.39, 0.29) is 24.7 Å². The highest BCUT2D eigenvalue weighted by Gasteiger charge is 1.97. The van der Waals surface area contributed by atoms with E-state index in [9.17, 15) is 4.79 Å². The second kappa shape index (κ2) is 3.16. The fraction of sp³-hybridized carbons (Fsp3) is 0.333. The zero-order chi connectivity index (χ0) is 8.27. The standard InChI is InChI=1S/C6H8N2O3/c9-2-1-4-7-5(10)3-6(11)8-4/h3,9H,1-2H2,(H2,7,8,10,11). The second-order valence-electron chi connectivity index (χ2n) is 2.02. The van der Waals surface area contributed by atoms with Crippen LogP contribution in [0.2, 0.25) is 0 Å². The molecule has 0 aliphatic rings. The highest BCUT2D eigenvalue weighted by molar-refractivity contribution is 5.06. The lowest BCUT2D eigenvalue weighted by atomic mass is 10.4. The van der Waals surface area contributed by atoms with E-state index in [0.29, 0.717) is 0 Å². The van der Waals surface area contributed by atoms with Crippen LogP contribution in [0, 0.1) is 0 Å². The molecule has 0 amide bonds. The lowest BCUT2D eigenvalue weighted by Gasteiger charge is -1.96. The minimum Gasteiger partial charge on any atom is -0.493 e. The quantitative estimate of drug-likeness (QED) is 0.513. The van der Waals surface area contributed by atoms with Crippen molar-refractivity contribution in [1.29, 1.82) is 0 Å². The predicted octanol–water partition coefficient (Wildman–Crippen LogP) is -0.990. The molecule has 1 rings (SSSR count). The van der Waals surface area contributed by atoms with Crippen molar-refractivity contribution in [3.8, 4) is 5.88 Å². The zero-order valence-corrected chi connectivity index (χ0v) is 5.74. The number of aliphatic hydroxyl groups excluding tert-OH is 1. The molecule has 0 fully saturated rings. The monoisotopic (exact) mass is 156 g/mol. The van der Waals surface area contributed by atoms with Gasteiger partial charge in [0.2, 0.25) is 5.88 Å². The van der Waals surface area contributed by atoms with E-state index >= 15 is 0 Å². The van der Waals surface area contributed by atoms with Crippen LogP contribution in [0.25, 0.3) is 0 Å². The van der Waals surface area contributed by atoms with Crippen molar-refractivity contribution in [3.63, 3.8) is 0 Å². The van der Waals surface area contributed by atoms with Gasteiger partial charge in [-0.05, 0) is 0 Å². The van der Waals surface area contributed by atoms with Crippen LogP contribution in [0.1, 0.15) is 5.82 Å². The molecule has 0 saturated carbocycles. The average molecular weight is 156 g/mol. The van der Waals surface area contributed by atoms with Crippen LogP contribution in [0.4, 0.5) is 0 Å². The molecule has 0 atom stereocenters. The van der Waals surface area contributed by atoms with Crippen LogP contribution in [-0.2, 0) is 6.42 Å². The van der Waals surface area contributed by atoms with Gasteiger partial charge in [0, 0.05) is 6.42 Å². The number of hydrogen-bond donors (Lipinski definition) is 3. The summed E-state index contributed by atoms with van der Waals surface area (Å²) in [5, 5.41) is 17.3. The number of aliphatic hydroxyl groups is 1. The van der Waals surface area contributed by atoms with Gasteiger partial charge in [0.15, 0.2) is 0 Å². The van der Waals surface area contributed by atoms with Crippen LogP contribution >= 0.6 is 0 Å². The first-order valence-corrected chi connectivity index (χ1v) is 3.12. The molecule has 11 heavy (non-hydrogen) atoms.